The van der Waals surface area contributed by atoms with E-state index in [-0.39, 0.29) is 29.9 Å². The molecule has 0 aromatic rings. The number of ether oxygens (including phenoxy) is 1. The van der Waals surface area contributed by atoms with Gasteiger partial charge in [-0.1, -0.05) is 19.3 Å². The van der Waals surface area contributed by atoms with Crippen LogP contribution in [-0.2, 0) is 14.3 Å². The van der Waals surface area contributed by atoms with Gasteiger partial charge in [0.25, 0.3) is 0 Å². The molecule has 0 aromatic carbocycles. The van der Waals surface area contributed by atoms with Crippen LogP contribution in [0.4, 0.5) is 0 Å². The summed E-state index contributed by atoms with van der Waals surface area (Å²) >= 11 is 0. The molecule has 1 saturated carbocycles. The molecule has 0 spiro atoms. The van der Waals surface area contributed by atoms with Crippen molar-refractivity contribution in [3.05, 3.63) is 0 Å². The van der Waals surface area contributed by atoms with E-state index < -0.39 is 5.97 Å². The second kappa shape index (κ2) is 6.77. The molecule has 2 rings (SSSR count). The lowest BCUT2D eigenvalue weighted by atomic mass is 9.69. The standard InChI is InChI=1S/C16H27NO4/c1-12-11-21-13(2)10-17(12)14(18)8-16(9-15(19)20)6-4-3-5-7-16/h12-13H,3-11H2,1-2H3,(H,19,20). The van der Waals surface area contributed by atoms with Crippen molar-refractivity contribution in [2.24, 2.45) is 5.41 Å². The van der Waals surface area contributed by atoms with Gasteiger partial charge in [0, 0.05) is 13.0 Å². The fraction of sp³-hybridized carbons (Fsp3) is 0.875. The molecule has 120 valence electrons. The Morgan fingerprint density at radius 3 is 2.48 bits per heavy atom. The fourth-order valence-electron chi connectivity index (χ4n) is 3.71. The zero-order valence-corrected chi connectivity index (χ0v) is 13.1. The van der Waals surface area contributed by atoms with E-state index in [1.54, 1.807) is 0 Å². The lowest BCUT2D eigenvalue weighted by Crippen LogP contribution is -2.51. The normalized spacial score (nSPS) is 29.1. The number of carboxylic acids is 1. The Morgan fingerprint density at radius 2 is 1.86 bits per heavy atom. The third-order valence-electron chi connectivity index (χ3n) is 4.89. The predicted octanol–water partition coefficient (Wildman–Crippen LogP) is 2.44. The molecule has 2 aliphatic rings. The van der Waals surface area contributed by atoms with E-state index in [0.717, 1.165) is 32.1 Å². The summed E-state index contributed by atoms with van der Waals surface area (Å²) < 4.78 is 5.56. The molecule has 0 aromatic heterocycles. The molecule has 0 bridgehead atoms. The van der Waals surface area contributed by atoms with Crippen molar-refractivity contribution in [1.82, 2.24) is 4.90 Å². The average Bonchev–Trinajstić information content (AvgIpc) is 2.41. The second-order valence-corrected chi connectivity index (χ2v) is 6.85. The third kappa shape index (κ3) is 4.19. The van der Waals surface area contributed by atoms with Crippen LogP contribution in [0, 0.1) is 5.41 Å². The van der Waals surface area contributed by atoms with Crippen molar-refractivity contribution >= 4 is 11.9 Å². The largest absolute Gasteiger partial charge is 0.481 e. The number of rotatable bonds is 4. The predicted molar refractivity (Wildman–Crippen MR) is 79.0 cm³/mol. The van der Waals surface area contributed by atoms with E-state index >= 15 is 0 Å². The lowest BCUT2D eigenvalue weighted by Gasteiger charge is -2.41. The molecule has 21 heavy (non-hydrogen) atoms. The Bertz CT molecular complexity index is 390. The van der Waals surface area contributed by atoms with E-state index in [2.05, 4.69) is 0 Å². The highest BCUT2D eigenvalue weighted by Crippen LogP contribution is 2.43. The van der Waals surface area contributed by atoms with Crippen LogP contribution >= 0.6 is 0 Å². The number of nitrogens with zero attached hydrogens (tertiary/aromatic N) is 1. The highest BCUT2D eigenvalue weighted by Gasteiger charge is 2.39. The van der Waals surface area contributed by atoms with Crippen LogP contribution in [0.3, 0.4) is 0 Å². The molecule has 5 heteroatoms. The highest BCUT2D eigenvalue weighted by molar-refractivity contribution is 5.78. The number of carboxylic acid groups (broad SMARTS) is 1. The van der Waals surface area contributed by atoms with Gasteiger partial charge in [-0.15, -0.1) is 0 Å². The van der Waals surface area contributed by atoms with E-state index in [0.29, 0.717) is 19.6 Å². The Kier molecular flexibility index (Phi) is 5.25. The van der Waals surface area contributed by atoms with E-state index in [1.807, 2.05) is 18.7 Å². The van der Waals surface area contributed by atoms with Crippen LogP contribution < -0.4 is 0 Å². The molecule has 1 heterocycles. The van der Waals surface area contributed by atoms with Gasteiger partial charge in [0.15, 0.2) is 0 Å². The molecule has 2 fully saturated rings. The summed E-state index contributed by atoms with van der Waals surface area (Å²) in [6.07, 6.45) is 5.50. The van der Waals surface area contributed by atoms with Crippen molar-refractivity contribution in [1.29, 1.82) is 0 Å². The van der Waals surface area contributed by atoms with Gasteiger partial charge in [-0.05, 0) is 32.1 Å². The summed E-state index contributed by atoms with van der Waals surface area (Å²) in [7, 11) is 0. The maximum atomic E-state index is 12.7. The summed E-state index contributed by atoms with van der Waals surface area (Å²) in [5, 5.41) is 9.20. The van der Waals surface area contributed by atoms with Crippen molar-refractivity contribution in [3.8, 4) is 0 Å². The fourth-order valence-corrected chi connectivity index (χ4v) is 3.71. The zero-order chi connectivity index (χ0) is 15.5. The lowest BCUT2D eigenvalue weighted by molar-refractivity contribution is -0.148. The first-order valence-electron chi connectivity index (χ1n) is 8.05. The van der Waals surface area contributed by atoms with Gasteiger partial charge in [0.05, 0.1) is 25.2 Å². The molecule has 1 saturated heterocycles. The van der Waals surface area contributed by atoms with Gasteiger partial charge in [-0.3, -0.25) is 9.59 Å². The number of morpholine rings is 1. The van der Waals surface area contributed by atoms with Gasteiger partial charge in [0.1, 0.15) is 0 Å². The van der Waals surface area contributed by atoms with Crippen LogP contribution in [-0.4, -0.2) is 47.2 Å². The molecule has 2 atom stereocenters. The van der Waals surface area contributed by atoms with Gasteiger partial charge in [0.2, 0.25) is 5.91 Å². The van der Waals surface area contributed by atoms with Crippen LogP contribution in [0.1, 0.15) is 58.8 Å². The Hall–Kier alpha value is -1.10. The molecular weight excluding hydrogens is 270 g/mol. The second-order valence-electron chi connectivity index (χ2n) is 6.85. The topological polar surface area (TPSA) is 66.8 Å². The monoisotopic (exact) mass is 297 g/mol. The van der Waals surface area contributed by atoms with Crippen molar-refractivity contribution in [3.63, 3.8) is 0 Å². The minimum atomic E-state index is -0.784. The quantitative estimate of drug-likeness (QED) is 0.865. The van der Waals surface area contributed by atoms with Crippen LogP contribution in [0.2, 0.25) is 0 Å². The third-order valence-corrected chi connectivity index (χ3v) is 4.89. The molecule has 0 radical (unpaired) electrons. The van der Waals surface area contributed by atoms with Crippen molar-refractivity contribution in [2.75, 3.05) is 13.2 Å². The molecular formula is C16H27NO4. The smallest absolute Gasteiger partial charge is 0.303 e. The van der Waals surface area contributed by atoms with Gasteiger partial charge in [-0.25, -0.2) is 0 Å². The number of aliphatic carboxylic acids is 1. The number of carbonyl (C=O) groups is 2. The summed E-state index contributed by atoms with van der Waals surface area (Å²) in [6.45, 7) is 5.15. The summed E-state index contributed by atoms with van der Waals surface area (Å²) in [6, 6.07) is 0.0826. The summed E-state index contributed by atoms with van der Waals surface area (Å²) in [4.78, 5) is 25.8. The van der Waals surface area contributed by atoms with Crippen molar-refractivity contribution in [2.45, 2.75) is 70.9 Å². The maximum Gasteiger partial charge on any atom is 0.303 e. The van der Waals surface area contributed by atoms with Crippen LogP contribution in [0.5, 0.6) is 0 Å². The SMILES string of the molecule is CC1CN(C(=O)CC2(CC(=O)O)CCCCC2)C(C)CO1. The van der Waals surface area contributed by atoms with Crippen LogP contribution in [0.15, 0.2) is 0 Å². The number of hydrogen-bond acceptors (Lipinski definition) is 3. The first-order chi connectivity index (χ1) is 9.92. The summed E-state index contributed by atoms with van der Waals surface area (Å²) in [5.41, 5.74) is -0.331. The van der Waals surface area contributed by atoms with E-state index in [9.17, 15) is 14.7 Å². The maximum absolute atomic E-state index is 12.7. The molecule has 1 amide bonds. The number of carbonyl (C=O) groups excluding carboxylic acids is 1. The minimum absolute atomic E-state index is 0.0620. The zero-order valence-electron chi connectivity index (χ0n) is 13.1. The molecule has 5 nitrogen and oxygen atoms in total. The average molecular weight is 297 g/mol. The van der Waals surface area contributed by atoms with Gasteiger partial charge in [-0.2, -0.15) is 0 Å². The molecule has 1 aliphatic heterocycles. The highest BCUT2D eigenvalue weighted by atomic mass is 16.5. The van der Waals surface area contributed by atoms with Crippen molar-refractivity contribution < 1.29 is 19.4 Å². The Labute approximate surface area is 126 Å². The summed E-state index contributed by atoms with van der Waals surface area (Å²) in [5.74, 6) is -0.686. The first-order valence-corrected chi connectivity index (χ1v) is 8.05. The number of amides is 1. The van der Waals surface area contributed by atoms with E-state index in [1.165, 1.54) is 0 Å². The molecule has 2 unspecified atom stereocenters. The Morgan fingerprint density at radius 1 is 1.19 bits per heavy atom. The van der Waals surface area contributed by atoms with Gasteiger partial charge < -0.3 is 14.7 Å². The minimum Gasteiger partial charge on any atom is -0.481 e. The molecule has 1 N–H and O–H groups in total. The van der Waals surface area contributed by atoms with E-state index in [4.69, 9.17) is 4.74 Å². The van der Waals surface area contributed by atoms with Crippen LogP contribution in [0.25, 0.3) is 0 Å². The molecule has 1 aliphatic carbocycles. The Balaban J connectivity index is 2.04. The number of hydrogen-bond donors (Lipinski definition) is 1. The van der Waals surface area contributed by atoms with Gasteiger partial charge >= 0.3 is 5.97 Å². The first kappa shape index (κ1) is 16.3.